The van der Waals surface area contributed by atoms with Crippen LogP contribution in [0.15, 0.2) is 54.7 Å². The minimum Gasteiger partial charge on any atom is -0.443 e. The average molecular weight is 705 g/mol. The molecule has 260 valence electrons. The van der Waals surface area contributed by atoms with E-state index in [1.165, 1.54) is 17.2 Å². The van der Waals surface area contributed by atoms with Crippen molar-refractivity contribution >= 4 is 51.2 Å². The van der Waals surface area contributed by atoms with Crippen molar-refractivity contribution < 1.29 is 27.3 Å². The van der Waals surface area contributed by atoms with Gasteiger partial charge in [0.2, 0.25) is 5.91 Å². The maximum Gasteiger partial charge on any atom is 0.434 e. The summed E-state index contributed by atoms with van der Waals surface area (Å²) in [7, 11) is 1.70. The second kappa shape index (κ2) is 13.2. The van der Waals surface area contributed by atoms with Gasteiger partial charge in [-0.1, -0.05) is 48.0 Å². The van der Waals surface area contributed by atoms with Crippen molar-refractivity contribution in [2.75, 3.05) is 46.4 Å². The number of likely N-dealkylation sites (tertiary alicyclic amines) is 1. The molecule has 8 rings (SSSR count). The summed E-state index contributed by atoms with van der Waals surface area (Å²) in [6.07, 6.45) is 7.30. The highest BCUT2D eigenvalue weighted by Gasteiger charge is 2.49. The Labute approximate surface area is 292 Å². The van der Waals surface area contributed by atoms with Gasteiger partial charge in [-0.15, -0.1) is 0 Å². The van der Waals surface area contributed by atoms with Crippen molar-refractivity contribution in [2.45, 2.75) is 49.6 Å². The molecule has 5 atom stereocenters. The first kappa shape index (κ1) is 33.0. The first-order valence-corrected chi connectivity index (χ1v) is 17.5. The van der Waals surface area contributed by atoms with Crippen LogP contribution < -0.4 is 10.1 Å². The van der Waals surface area contributed by atoms with Crippen LogP contribution in [-0.2, 0) is 4.79 Å². The van der Waals surface area contributed by atoms with E-state index in [2.05, 4.69) is 25.2 Å². The summed E-state index contributed by atoms with van der Waals surface area (Å²) in [5.41, 5.74) is 0.0781. The normalized spacial score (nSPS) is 27.1. The van der Waals surface area contributed by atoms with Crippen molar-refractivity contribution in [3.8, 4) is 17.3 Å². The van der Waals surface area contributed by atoms with E-state index in [4.69, 9.17) is 16.3 Å². The van der Waals surface area contributed by atoms with E-state index in [1.807, 2.05) is 30.3 Å². The molecule has 0 bridgehead atoms. The number of aromatic nitrogens is 3. The van der Waals surface area contributed by atoms with Gasteiger partial charge in [0.15, 0.2) is 5.82 Å². The van der Waals surface area contributed by atoms with Gasteiger partial charge in [0.1, 0.15) is 35.5 Å². The molecule has 4 fully saturated rings. The summed E-state index contributed by atoms with van der Waals surface area (Å²) in [5.74, 6) is -1.29. The quantitative estimate of drug-likeness (QED) is 0.144. The second-order valence-electron chi connectivity index (χ2n) is 13.9. The molecule has 13 heteroatoms. The third-order valence-corrected chi connectivity index (χ3v) is 11.0. The largest absolute Gasteiger partial charge is 0.443 e. The summed E-state index contributed by atoms with van der Waals surface area (Å²) >= 11 is 6.60. The number of alkyl halides is 2. The molecule has 0 saturated carbocycles. The molecule has 0 spiro atoms. The number of nitrogens with zero attached hydrogens (tertiary/aromatic N) is 6. The predicted molar refractivity (Wildman–Crippen MR) is 186 cm³/mol. The fourth-order valence-corrected chi connectivity index (χ4v) is 8.21. The number of hydrogen-bond acceptors (Lipinski definition) is 7. The monoisotopic (exact) mass is 704 g/mol. The van der Waals surface area contributed by atoms with Crippen LogP contribution in [-0.4, -0.2) is 112 Å². The molecule has 50 heavy (non-hydrogen) atoms. The number of hydrogen-bond donors (Lipinski definition) is 1. The first-order valence-electron chi connectivity index (χ1n) is 17.2. The van der Waals surface area contributed by atoms with E-state index in [9.17, 15) is 9.18 Å². The van der Waals surface area contributed by atoms with Gasteiger partial charge in [-0.3, -0.25) is 14.7 Å². The Kier molecular flexibility index (Phi) is 8.73. The zero-order chi connectivity index (χ0) is 34.6. The van der Waals surface area contributed by atoms with Crippen LogP contribution in [0.25, 0.3) is 32.9 Å². The molecular formula is C37H38ClF3N7O2+. The molecule has 1 amide bonds. The zero-order valence-corrected chi connectivity index (χ0v) is 28.4. The van der Waals surface area contributed by atoms with Crippen LogP contribution in [0, 0.1) is 11.7 Å². The highest BCUT2D eigenvalue weighted by Crippen LogP contribution is 2.41. The summed E-state index contributed by atoms with van der Waals surface area (Å²) in [5, 5.41) is 5.47. The second-order valence-corrected chi connectivity index (χ2v) is 14.3. The molecule has 6 heterocycles. The summed E-state index contributed by atoms with van der Waals surface area (Å²) < 4.78 is 54.5. The molecule has 0 aliphatic carbocycles. The van der Waals surface area contributed by atoms with E-state index < -0.39 is 29.6 Å². The number of carbonyl (C=O) groups excluding carboxylic acids is 1. The molecule has 1 unspecified atom stereocenters. The van der Waals surface area contributed by atoms with E-state index in [-0.39, 0.29) is 54.7 Å². The minimum atomic E-state index is -1.30. The molecule has 2 aromatic heterocycles. The van der Waals surface area contributed by atoms with Crippen LogP contribution in [0.4, 0.5) is 19.0 Å². The number of benzene rings is 2. The molecule has 9 nitrogen and oxygen atoms in total. The van der Waals surface area contributed by atoms with Gasteiger partial charge >= 0.3 is 11.8 Å². The smallest absolute Gasteiger partial charge is 0.434 e. The third-order valence-electron chi connectivity index (χ3n) is 10.7. The molecule has 4 aliphatic heterocycles. The molecule has 0 radical (unpaired) electrons. The number of ether oxygens (including phenoxy) is 1. The Morgan fingerprint density at radius 1 is 1.18 bits per heavy atom. The van der Waals surface area contributed by atoms with E-state index >= 15 is 8.78 Å². The standard InChI is InChI=1S/C37H38ClF3N7O2/c1-46(17-23-18-47(20-29(23)40)30(49)10-9-25-11-13-42-25)35-27-16-43-33(26-7-2-5-22-6-3-8-28(38)31(22)26)32(41)34(27)44-36(45-35)50-21-37-12-4-14-48(37)19-24(39)15-37/h2-3,5-10,16-17,23-25,29,42H,4,11-15,18-21H2,1H3/q+1/b10-9+,46-17+/t23?,24-,25+,29-,37+/m1/s1. The Bertz CT molecular complexity index is 2040. The van der Waals surface area contributed by atoms with Gasteiger partial charge in [-0.05, 0) is 43.8 Å². The van der Waals surface area contributed by atoms with E-state index in [0.29, 0.717) is 34.3 Å². The molecule has 4 aliphatic rings. The Hall–Kier alpha value is -4.13. The molecule has 4 saturated heterocycles. The third kappa shape index (κ3) is 6.01. The molecule has 2 aromatic carbocycles. The van der Waals surface area contributed by atoms with Gasteiger partial charge in [-0.25, -0.2) is 17.7 Å². The lowest BCUT2D eigenvalue weighted by atomic mass is 9.95. The first-order chi connectivity index (χ1) is 24.2. The fourth-order valence-electron chi connectivity index (χ4n) is 7.93. The van der Waals surface area contributed by atoms with Gasteiger partial charge < -0.3 is 15.0 Å². The highest BCUT2D eigenvalue weighted by molar-refractivity contribution is 6.36. The topological polar surface area (TPSA) is 86.5 Å². The summed E-state index contributed by atoms with van der Waals surface area (Å²) in [4.78, 5) is 30.2. The summed E-state index contributed by atoms with van der Waals surface area (Å²) in [6, 6.07) is 11.1. The van der Waals surface area contributed by atoms with Crippen LogP contribution in [0.2, 0.25) is 5.02 Å². The number of rotatable bonds is 8. The van der Waals surface area contributed by atoms with Crippen LogP contribution in [0.3, 0.4) is 0 Å². The van der Waals surface area contributed by atoms with Crippen LogP contribution in [0.1, 0.15) is 25.7 Å². The van der Waals surface area contributed by atoms with Crippen molar-refractivity contribution in [3.63, 3.8) is 0 Å². The lowest BCUT2D eigenvalue weighted by molar-refractivity contribution is -0.405. The van der Waals surface area contributed by atoms with Gasteiger partial charge in [-0.2, -0.15) is 4.98 Å². The van der Waals surface area contributed by atoms with Crippen molar-refractivity contribution in [1.82, 2.24) is 30.1 Å². The Balaban J connectivity index is 1.17. The van der Waals surface area contributed by atoms with E-state index in [1.54, 1.807) is 30.0 Å². The summed E-state index contributed by atoms with van der Waals surface area (Å²) in [6.45, 7) is 2.38. The number of pyridine rings is 1. The maximum absolute atomic E-state index is 16.8. The number of amides is 1. The fraction of sp³-hybridized carbons (Fsp3) is 0.432. The molecule has 1 N–H and O–H groups in total. The van der Waals surface area contributed by atoms with Crippen LogP contribution in [0.5, 0.6) is 6.01 Å². The zero-order valence-electron chi connectivity index (χ0n) is 27.7. The Morgan fingerprint density at radius 3 is 2.80 bits per heavy atom. The van der Waals surface area contributed by atoms with Gasteiger partial charge in [0.25, 0.3) is 0 Å². The highest BCUT2D eigenvalue weighted by atomic mass is 35.5. The van der Waals surface area contributed by atoms with E-state index in [0.717, 1.165) is 37.7 Å². The molecule has 4 aromatic rings. The SMILES string of the molecule is C/[N+](=C\C1CN(C(=O)/C=C/[C@H]2CCN2)C[C@H]1F)c1nc(OC[C@@]23CCCN2C[C@H](F)C3)nc2c(F)c(-c3cccc4cccc(Cl)c34)ncc12. The van der Waals surface area contributed by atoms with Crippen molar-refractivity contribution in [1.29, 1.82) is 0 Å². The van der Waals surface area contributed by atoms with Crippen molar-refractivity contribution in [3.05, 3.63) is 65.6 Å². The number of fused-ring (bicyclic) bond motifs is 3. The predicted octanol–water partition coefficient (Wildman–Crippen LogP) is 5.65. The van der Waals surface area contributed by atoms with Gasteiger partial charge in [0.05, 0.1) is 31.3 Å². The Morgan fingerprint density at radius 2 is 2.00 bits per heavy atom. The number of halogens is 4. The lowest BCUT2D eigenvalue weighted by Gasteiger charge is -2.30. The molecular weight excluding hydrogens is 667 g/mol. The lowest BCUT2D eigenvalue weighted by Crippen LogP contribution is -2.43. The van der Waals surface area contributed by atoms with Crippen LogP contribution >= 0.6 is 11.6 Å². The average Bonchev–Trinajstić information content (AvgIpc) is 3.74. The van der Waals surface area contributed by atoms with Crippen molar-refractivity contribution in [2.24, 2.45) is 5.92 Å². The number of carbonyl (C=O) groups is 1. The number of nitrogens with one attached hydrogen (secondary N) is 1. The maximum atomic E-state index is 16.8. The minimum absolute atomic E-state index is 0.0235. The van der Waals surface area contributed by atoms with Gasteiger partial charge in [0, 0.05) is 58.8 Å².